The van der Waals surface area contributed by atoms with E-state index in [9.17, 15) is 16.8 Å². The van der Waals surface area contributed by atoms with Crippen LogP contribution in [-0.2, 0) is 27.1 Å². The first-order valence-electron chi connectivity index (χ1n) is 8.71. The molecule has 0 amide bonds. The minimum Gasteiger partial charge on any atom is -0.351 e. The van der Waals surface area contributed by atoms with E-state index in [4.69, 9.17) is 23.2 Å². The first-order chi connectivity index (χ1) is 14.6. The Bertz CT molecular complexity index is 1500. The van der Waals surface area contributed by atoms with Gasteiger partial charge in [-0.2, -0.15) is 0 Å². The SMILES string of the molecule is Cn1ccc2c(S(=O)(=O)Nc3cc(Cl)c(Cl)cc3NS(=O)(=O)c3cccs3)cccc21. The van der Waals surface area contributed by atoms with Gasteiger partial charge < -0.3 is 4.57 Å². The monoisotopic (exact) mass is 515 g/mol. The van der Waals surface area contributed by atoms with E-state index in [1.165, 1.54) is 24.3 Å². The molecule has 4 rings (SSSR count). The number of hydrogen-bond acceptors (Lipinski definition) is 5. The molecule has 7 nitrogen and oxygen atoms in total. The van der Waals surface area contributed by atoms with Crippen LogP contribution in [-0.4, -0.2) is 21.4 Å². The summed E-state index contributed by atoms with van der Waals surface area (Å²) < 4.78 is 58.4. The van der Waals surface area contributed by atoms with E-state index >= 15 is 0 Å². The molecule has 2 aromatic heterocycles. The van der Waals surface area contributed by atoms with Crippen molar-refractivity contribution in [1.29, 1.82) is 0 Å². The van der Waals surface area contributed by atoms with Gasteiger partial charge in [-0.05, 0) is 41.8 Å². The number of hydrogen-bond donors (Lipinski definition) is 2. The molecular weight excluding hydrogens is 501 g/mol. The summed E-state index contributed by atoms with van der Waals surface area (Å²) in [5, 5.41) is 2.28. The first kappa shape index (κ1) is 22.0. The van der Waals surface area contributed by atoms with Crippen molar-refractivity contribution in [3.63, 3.8) is 0 Å². The number of nitrogens with one attached hydrogen (secondary N) is 2. The second kappa shape index (κ2) is 8.03. The van der Waals surface area contributed by atoms with Gasteiger partial charge >= 0.3 is 0 Å². The maximum absolute atomic E-state index is 13.2. The van der Waals surface area contributed by atoms with Crippen molar-refractivity contribution in [2.24, 2.45) is 7.05 Å². The van der Waals surface area contributed by atoms with Crippen LogP contribution in [0, 0.1) is 0 Å². The summed E-state index contributed by atoms with van der Waals surface area (Å²) in [6.45, 7) is 0. The fourth-order valence-electron chi connectivity index (χ4n) is 3.04. The fraction of sp³-hybridized carbons (Fsp3) is 0.0526. The minimum absolute atomic E-state index is 0.0451. The Balaban J connectivity index is 1.78. The third kappa shape index (κ3) is 4.26. The smallest absolute Gasteiger partial charge is 0.271 e. The quantitative estimate of drug-likeness (QED) is 0.371. The Labute approximate surface area is 193 Å². The Kier molecular flexibility index (Phi) is 5.69. The summed E-state index contributed by atoms with van der Waals surface area (Å²) in [5.74, 6) is 0. The second-order valence-electron chi connectivity index (χ2n) is 6.57. The van der Waals surface area contributed by atoms with E-state index in [1.807, 2.05) is 7.05 Å². The second-order valence-corrected chi connectivity index (χ2v) is 11.9. The number of fused-ring (bicyclic) bond motifs is 1. The molecule has 0 aliphatic carbocycles. The average molecular weight is 516 g/mol. The molecule has 4 aromatic rings. The molecule has 0 aliphatic heterocycles. The van der Waals surface area contributed by atoms with Crippen molar-refractivity contribution in [3.8, 4) is 0 Å². The van der Waals surface area contributed by atoms with Crippen LogP contribution >= 0.6 is 34.5 Å². The van der Waals surface area contributed by atoms with Gasteiger partial charge in [0, 0.05) is 24.1 Å². The lowest BCUT2D eigenvalue weighted by atomic mass is 10.2. The van der Waals surface area contributed by atoms with E-state index in [0.29, 0.717) is 5.39 Å². The zero-order valence-electron chi connectivity index (χ0n) is 15.8. The molecule has 2 heterocycles. The Morgan fingerprint density at radius 3 is 2.13 bits per heavy atom. The van der Waals surface area contributed by atoms with Crippen molar-refractivity contribution in [2.45, 2.75) is 9.10 Å². The first-order valence-corrected chi connectivity index (χ1v) is 13.3. The number of thiophene rings is 1. The topological polar surface area (TPSA) is 97.3 Å². The molecule has 12 heteroatoms. The number of nitrogens with zero attached hydrogens (tertiary/aromatic N) is 1. The van der Waals surface area contributed by atoms with Crippen molar-refractivity contribution in [3.05, 3.63) is 70.2 Å². The van der Waals surface area contributed by atoms with E-state index in [0.717, 1.165) is 16.9 Å². The molecule has 0 spiro atoms. The third-order valence-electron chi connectivity index (χ3n) is 4.49. The zero-order chi connectivity index (χ0) is 22.4. The Hall–Kier alpha value is -2.24. The zero-order valence-corrected chi connectivity index (χ0v) is 19.8. The molecule has 0 radical (unpaired) electrons. The molecular formula is C19H15Cl2N3O4S3. The lowest BCUT2D eigenvalue weighted by Crippen LogP contribution is -2.17. The summed E-state index contributed by atoms with van der Waals surface area (Å²) in [4.78, 5) is 0.0451. The van der Waals surface area contributed by atoms with Crippen molar-refractivity contribution < 1.29 is 16.8 Å². The van der Waals surface area contributed by atoms with Crippen LogP contribution < -0.4 is 9.44 Å². The minimum atomic E-state index is -4.09. The van der Waals surface area contributed by atoms with Crippen molar-refractivity contribution >= 4 is 76.9 Å². The van der Waals surface area contributed by atoms with Crippen LogP contribution in [0.4, 0.5) is 11.4 Å². The van der Waals surface area contributed by atoms with Gasteiger partial charge in [0.25, 0.3) is 20.0 Å². The summed E-state index contributed by atoms with van der Waals surface area (Å²) in [5.41, 5.74) is 0.629. The molecule has 0 atom stereocenters. The van der Waals surface area contributed by atoms with Crippen LogP contribution in [0.15, 0.2) is 69.2 Å². The highest BCUT2D eigenvalue weighted by Crippen LogP contribution is 2.36. The molecule has 31 heavy (non-hydrogen) atoms. The summed E-state index contributed by atoms with van der Waals surface area (Å²) >= 11 is 13.2. The lowest BCUT2D eigenvalue weighted by molar-refractivity contribution is 0.600. The molecule has 0 fully saturated rings. The molecule has 2 aromatic carbocycles. The predicted molar refractivity (Wildman–Crippen MR) is 125 cm³/mol. The molecule has 2 N–H and O–H groups in total. The third-order valence-corrected chi connectivity index (χ3v) is 9.40. The van der Waals surface area contributed by atoms with E-state index in [-0.39, 0.29) is 30.5 Å². The fourth-order valence-corrected chi connectivity index (χ4v) is 6.71. The number of rotatable bonds is 6. The normalized spacial score (nSPS) is 12.2. The summed E-state index contributed by atoms with van der Waals surface area (Å²) in [7, 11) is -6.22. The molecule has 162 valence electrons. The van der Waals surface area contributed by atoms with Crippen LogP contribution in [0.5, 0.6) is 0 Å². The lowest BCUT2D eigenvalue weighted by Gasteiger charge is -2.16. The van der Waals surface area contributed by atoms with Gasteiger partial charge in [0.15, 0.2) is 0 Å². The molecule has 0 saturated carbocycles. The highest BCUT2D eigenvalue weighted by atomic mass is 35.5. The van der Waals surface area contributed by atoms with Gasteiger partial charge in [-0.3, -0.25) is 9.44 Å². The highest BCUT2D eigenvalue weighted by molar-refractivity contribution is 7.94. The van der Waals surface area contributed by atoms with Crippen molar-refractivity contribution in [2.75, 3.05) is 9.44 Å². The van der Waals surface area contributed by atoms with E-state index in [2.05, 4.69) is 9.44 Å². The maximum atomic E-state index is 13.2. The van der Waals surface area contributed by atoms with E-state index < -0.39 is 20.0 Å². The van der Waals surface area contributed by atoms with Gasteiger partial charge in [-0.1, -0.05) is 35.3 Å². The van der Waals surface area contributed by atoms with Crippen LogP contribution in [0.3, 0.4) is 0 Å². The van der Waals surface area contributed by atoms with Crippen LogP contribution in [0.25, 0.3) is 10.9 Å². The van der Waals surface area contributed by atoms with E-state index in [1.54, 1.807) is 40.4 Å². The summed E-state index contributed by atoms with van der Waals surface area (Å²) in [6, 6.07) is 12.1. The number of halogens is 2. The summed E-state index contributed by atoms with van der Waals surface area (Å²) in [6.07, 6.45) is 1.75. The number of benzene rings is 2. The number of aryl methyl sites for hydroxylation is 1. The average Bonchev–Trinajstić information content (AvgIpc) is 3.36. The Morgan fingerprint density at radius 1 is 0.871 bits per heavy atom. The van der Waals surface area contributed by atoms with Crippen LogP contribution in [0.1, 0.15) is 0 Å². The standard InChI is InChI=1S/C19H15Cl2N3O4S3/c1-24-8-7-12-17(24)4-2-5-18(12)30(25,26)22-15-10-13(20)14(21)11-16(15)23-31(27,28)19-6-3-9-29-19/h2-11,22-23H,1H3. The van der Waals surface area contributed by atoms with Crippen molar-refractivity contribution in [1.82, 2.24) is 4.57 Å². The van der Waals surface area contributed by atoms with Gasteiger partial charge in [0.2, 0.25) is 0 Å². The maximum Gasteiger partial charge on any atom is 0.271 e. The van der Waals surface area contributed by atoms with Gasteiger partial charge in [-0.15, -0.1) is 11.3 Å². The Morgan fingerprint density at radius 2 is 1.52 bits per heavy atom. The molecule has 0 unspecified atom stereocenters. The van der Waals surface area contributed by atoms with Gasteiger partial charge in [0.05, 0.1) is 26.3 Å². The molecule has 0 saturated heterocycles. The number of anilines is 2. The highest BCUT2D eigenvalue weighted by Gasteiger charge is 2.23. The molecule has 0 bridgehead atoms. The largest absolute Gasteiger partial charge is 0.351 e. The molecule has 0 aliphatic rings. The number of aromatic nitrogens is 1. The predicted octanol–water partition coefficient (Wildman–Crippen LogP) is 5.15. The van der Waals surface area contributed by atoms with Gasteiger partial charge in [0.1, 0.15) is 4.21 Å². The van der Waals surface area contributed by atoms with Crippen LogP contribution in [0.2, 0.25) is 10.0 Å². The van der Waals surface area contributed by atoms with Gasteiger partial charge in [-0.25, -0.2) is 16.8 Å². The number of sulfonamides is 2.